The van der Waals surface area contributed by atoms with Crippen LogP contribution in [0.2, 0.25) is 0 Å². The molecule has 1 aromatic rings. The van der Waals surface area contributed by atoms with Crippen LogP contribution in [-0.2, 0) is 4.79 Å². The molecular formula is C11H9F4NO2. The predicted molar refractivity (Wildman–Crippen MR) is 52.9 cm³/mol. The van der Waals surface area contributed by atoms with Crippen LogP contribution >= 0.6 is 0 Å². The van der Waals surface area contributed by atoms with Gasteiger partial charge in [-0.1, -0.05) is 6.07 Å². The van der Waals surface area contributed by atoms with Gasteiger partial charge in [-0.05, 0) is 23.3 Å². The van der Waals surface area contributed by atoms with Crippen LogP contribution in [0.25, 0.3) is 0 Å². The number of fused-ring (bicyclic) bond motifs is 1. The van der Waals surface area contributed by atoms with Gasteiger partial charge in [-0.3, -0.25) is 4.79 Å². The van der Waals surface area contributed by atoms with Crippen LogP contribution < -0.4 is 5.32 Å². The van der Waals surface area contributed by atoms with E-state index in [9.17, 15) is 27.5 Å². The molecule has 0 fully saturated rings. The molecule has 2 rings (SSSR count). The summed E-state index contributed by atoms with van der Waals surface area (Å²) in [6.07, 6.45) is -6.15. The number of amides is 1. The van der Waals surface area contributed by atoms with Gasteiger partial charge in [0.2, 0.25) is 0 Å². The number of aliphatic hydroxyl groups is 1. The Balaban J connectivity index is 2.22. The van der Waals surface area contributed by atoms with Gasteiger partial charge in [0, 0.05) is 6.42 Å². The van der Waals surface area contributed by atoms with E-state index in [1.54, 1.807) is 5.32 Å². The molecule has 1 aromatic carbocycles. The van der Waals surface area contributed by atoms with Crippen molar-refractivity contribution in [3.63, 3.8) is 0 Å². The highest BCUT2D eigenvalue weighted by Gasteiger charge is 2.41. The molecule has 0 aromatic heterocycles. The first kappa shape index (κ1) is 12.8. The Labute approximate surface area is 99.4 Å². The van der Waals surface area contributed by atoms with Crippen molar-refractivity contribution in [2.45, 2.75) is 24.7 Å². The minimum absolute atomic E-state index is 0.0966. The normalized spacial score (nSPS) is 22.7. The van der Waals surface area contributed by atoms with Crippen molar-refractivity contribution < 1.29 is 27.5 Å². The molecular weight excluding hydrogens is 254 g/mol. The maximum atomic E-state index is 12.9. The van der Waals surface area contributed by atoms with Crippen LogP contribution in [0.1, 0.15) is 29.7 Å². The Kier molecular flexibility index (Phi) is 3.02. The third kappa shape index (κ3) is 2.31. The molecule has 1 amide bonds. The molecule has 0 saturated heterocycles. The molecule has 0 heterocycles. The molecule has 18 heavy (non-hydrogen) atoms. The lowest BCUT2D eigenvalue weighted by atomic mass is 10.1. The zero-order valence-electron chi connectivity index (χ0n) is 8.96. The number of aliphatic hydroxyl groups excluding tert-OH is 1. The maximum absolute atomic E-state index is 12.9. The molecule has 0 saturated carbocycles. The number of nitrogens with one attached hydrogen (secondary N) is 1. The smallest absolute Gasteiger partial charge is 0.388 e. The van der Waals surface area contributed by atoms with Crippen LogP contribution in [0.4, 0.5) is 17.6 Å². The van der Waals surface area contributed by atoms with E-state index < -0.39 is 30.0 Å². The van der Waals surface area contributed by atoms with Gasteiger partial charge in [-0.25, -0.2) is 4.39 Å². The van der Waals surface area contributed by atoms with Gasteiger partial charge in [0.05, 0.1) is 12.1 Å². The summed E-state index contributed by atoms with van der Waals surface area (Å²) in [5, 5.41) is 11.4. The summed E-state index contributed by atoms with van der Waals surface area (Å²) in [6, 6.07) is 2.44. The molecule has 0 aliphatic heterocycles. The van der Waals surface area contributed by atoms with Gasteiger partial charge in [0.1, 0.15) is 5.82 Å². The first-order valence-electron chi connectivity index (χ1n) is 5.14. The third-order valence-corrected chi connectivity index (χ3v) is 2.80. The van der Waals surface area contributed by atoms with Gasteiger partial charge in [-0.15, -0.1) is 0 Å². The summed E-state index contributed by atoms with van der Waals surface area (Å²) in [5.74, 6) is -2.66. The van der Waals surface area contributed by atoms with Crippen LogP contribution in [0, 0.1) is 5.82 Å². The molecule has 0 spiro atoms. The lowest BCUT2D eigenvalue weighted by Gasteiger charge is -2.15. The Morgan fingerprint density at radius 1 is 1.33 bits per heavy atom. The fourth-order valence-corrected chi connectivity index (χ4v) is 2.01. The maximum Gasteiger partial charge on any atom is 0.471 e. The highest BCUT2D eigenvalue weighted by atomic mass is 19.4. The SMILES string of the molecule is O=C(NC1CC(O)c2cc(F)ccc21)C(F)(F)F. The molecule has 2 atom stereocenters. The van der Waals surface area contributed by atoms with Crippen molar-refractivity contribution in [1.82, 2.24) is 5.32 Å². The van der Waals surface area contributed by atoms with Crippen LogP contribution in [0.5, 0.6) is 0 Å². The van der Waals surface area contributed by atoms with E-state index in [2.05, 4.69) is 0 Å². The van der Waals surface area contributed by atoms with Gasteiger partial charge in [-0.2, -0.15) is 13.2 Å². The van der Waals surface area contributed by atoms with Crippen molar-refractivity contribution >= 4 is 5.91 Å². The summed E-state index contributed by atoms with van der Waals surface area (Å²) < 4.78 is 49.3. The highest BCUT2D eigenvalue weighted by Crippen LogP contribution is 2.39. The Morgan fingerprint density at radius 3 is 2.61 bits per heavy atom. The van der Waals surface area contributed by atoms with Crippen molar-refractivity contribution in [2.24, 2.45) is 0 Å². The average Bonchev–Trinajstić information content (AvgIpc) is 2.54. The van der Waals surface area contributed by atoms with E-state index in [0.717, 1.165) is 12.1 Å². The molecule has 1 aliphatic carbocycles. The fraction of sp³-hybridized carbons (Fsp3) is 0.364. The largest absolute Gasteiger partial charge is 0.471 e. The number of alkyl halides is 3. The van der Waals surface area contributed by atoms with Crippen molar-refractivity contribution in [3.8, 4) is 0 Å². The molecule has 2 N–H and O–H groups in total. The molecule has 98 valence electrons. The lowest BCUT2D eigenvalue weighted by molar-refractivity contribution is -0.174. The second kappa shape index (κ2) is 4.24. The number of hydrogen-bond donors (Lipinski definition) is 2. The van der Waals surface area contributed by atoms with E-state index in [0.29, 0.717) is 5.56 Å². The molecule has 2 unspecified atom stereocenters. The standard InChI is InChI=1S/C11H9F4NO2/c12-5-1-2-6-7(3-5)9(17)4-8(6)16-10(18)11(13,14)15/h1-3,8-9,17H,4H2,(H,16,18). The van der Waals surface area contributed by atoms with E-state index in [1.807, 2.05) is 0 Å². The summed E-state index contributed by atoms with van der Waals surface area (Å²) in [5.41, 5.74) is 0.518. The van der Waals surface area contributed by atoms with E-state index in [-0.39, 0.29) is 12.0 Å². The van der Waals surface area contributed by atoms with Crippen molar-refractivity contribution in [3.05, 3.63) is 35.1 Å². The summed E-state index contributed by atoms with van der Waals surface area (Å²) in [7, 11) is 0. The second-order valence-electron chi connectivity index (χ2n) is 4.05. The molecule has 0 bridgehead atoms. The summed E-state index contributed by atoms with van der Waals surface area (Å²) in [4.78, 5) is 10.8. The molecule has 0 radical (unpaired) electrons. The second-order valence-corrected chi connectivity index (χ2v) is 4.05. The monoisotopic (exact) mass is 263 g/mol. The number of hydrogen-bond acceptors (Lipinski definition) is 2. The Hall–Kier alpha value is -1.63. The quantitative estimate of drug-likeness (QED) is 0.761. The van der Waals surface area contributed by atoms with E-state index in [4.69, 9.17) is 0 Å². The number of carbonyl (C=O) groups is 1. The molecule has 1 aliphatic rings. The van der Waals surface area contributed by atoms with Crippen molar-refractivity contribution in [2.75, 3.05) is 0 Å². The van der Waals surface area contributed by atoms with Gasteiger partial charge in [0.15, 0.2) is 0 Å². The van der Waals surface area contributed by atoms with Crippen LogP contribution in [0.3, 0.4) is 0 Å². The number of benzene rings is 1. The predicted octanol–water partition coefficient (Wildman–Crippen LogP) is 1.98. The van der Waals surface area contributed by atoms with Crippen LogP contribution in [0.15, 0.2) is 18.2 Å². The first-order valence-corrected chi connectivity index (χ1v) is 5.14. The van der Waals surface area contributed by atoms with Gasteiger partial charge >= 0.3 is 12.1 Å². The Bertz CT molecular complexity index is 486. The van der Waals surface area contributed by atoms with E-state index >= 15 is 0 Å². The van der Waals surface area contributed by atoms with Crippen molar-refractivity contribution in [1.29, 1.82) is 0 Å². The highest BCUT2D eigenvalue weighted by molar-refractivity contribution is 5.82. The molecule has 7 heteroatoms. The third-order valence-electron chi connectivity index (χ3n) is 2.80. The van der Waals surface area contributed by atoms with Gasteiger partial charge in [0.25, 0.3) is 0 Å². The average molecular weight is 263 g/mol. The number of carbonyl (C=O) groups excluding carboxylic acids is 1. The van der Waals surface area contributed by atoms with Gasteiger partial charge < -0.3 is 10.4 Å². The topological polar surface area (TPSA) is 49.3 Å². The summed E-state index contributed by atoms with van der Waals surface area (Å²) >= 11 is 0. The first-order chi connectivity index (χ1) is 8.29. The zero-order chi connectivity index (χ0) is 13.5. The number of halogens is 4. The number of rotatable bonds is 1. The molecule has 3 nitrogen and oxygen atoms in total. The minimum atomic E-state index is -4.98. The van der Waals surface area contributed by atoms with E-state index in [1.165, 1.54) is 6.07 Å². The minimum Gasteiger partial charge on any atom is -0.388 e. The van der Waals surface area contributed by atoms with Crippen LogP contribution in [-0.4, -0.2) is 17.2 Å². The Morgan fingerprint density at radius 2 is 2.00 bits per heavy atom. The fourth-order valence-electron chi connectivity index (χ4n) is 2.01. The zero-order valence-corrected chi connectivity index (χ0v) is 8.96. The summed E-state index contributed by atoms with van der Waals surface area (Å²) in [6.45, 7) is 0. The lowest BCUT2D eigenvalue weighted by Crippen LogP contribution is -2.38.